The fourth-order valence-corrected chi connectivity index (χ4v) is 2.42. The molecule has 0 aliphatic carbocycles. The molecule has 0 amide bonds. The van der Waals surface area contributed by atoms with Crippen molar-refractivity contribution in [3.63, 3.8) is 0 Å². The average molecular weight is 288 g/mol. The van der Waals surface area contributed by atoms with Crippen molar-refractivity contribution in [1.82, 2.24) is 9.88 Å². The van der Waals surface area contributed by atoms with E-state index in [0.29, 0.717) is 0 Å². The Morgan fingerprint density at radius 3 is 2.62 bits per heavy atom. The van der Waals surface area contributed by atoms with Gasteiger partial charge in [-0.15, -0.1) is 0 Å². The van der Waals surface area contributed by atoms with Gasteiger partial charge in [0, 0.05) is 42.3 Å². The molecule has 21 heavy (non-hydrogen) atoms. The van der Waals surface area contributed by atoms with Crippen LogP contribution in [0.1, 0.15) is 39.7 Å². The lowest BCUT2D eigenvalue weighted by Gasteiger charge is -2.20. The minimum atomic E-state index is 0.132. The topological polar surface area (TPSA) is 26.2 Å². The van der Waals surface area contributed by atoms with Crippen LogP contribution in [0.5, 0.6) is 0 Å². The first-order valence-electron chi connectivity index (χ1n) is 7.91. The summed E-state index contributed by atoms with van der Waals surface area (Å²) in [7, 11) is 0. The maximum atomic E-state index is 5.62. The Labute approximate surface area is 128 Å². The molecule has 3 heteroatoms. The molecule has 0 spiro atoms. The molecule has 1 aromatic heterocycles. The van der Waals surface area contributed by atoms with Gasteiger partial charge in [-0.2, -0.15) is 0 Å². The molecule has 1 heterocycles. The standard InChI is InChI=1S/C18H28N2O/c1-5-11-21-12-10-20-14-15(13-19-18(2,3)4)16-8-6-7-9-17(16)20/h6-9,14,19H,5,10-13H2,1-4H3. The molecule has 3 nitrogen and oxygen atoms in total. The van der Waals surface area contributed by atoms with Gasteiger partial charge in [-0.3, -0.25) is 0 Å². The van der Waals surface area contributed by atoms with Crippen molar-refractivity contribution in [3.05, 3.63) is 36.0 Å². The van der Waals surface area contributed by atoms with E-state index in [1.165, 1.54) is 16.5 Å². The van der Waals surface area contributed by atoms with Gasteiger partial charge in [-0.05, 0) is 38.8 Å². The van der Waals surface area contributed by atoms with Crippen LogP contribution in [-0.2, 0) is 17.8 Å². The summed E-state index contributed by atoms with van der Waals surface area (Å²) in [5.41, 5.74) is 2.78. The number of hydrogen-bond acceptors (Lipinski definition) is 2. The maximum absolute atomic E-state index is 5.62. The quantitative estimate of drug-likeness (QED) is 0.781. The Morgan fingerprint density at radius 1 is 1.14 bits per heavy atom. The van der Waals surface area contributed by atoms with Crippen molar-refractivity contribution >= 4 is 10.9 Å². The average Bonchev–Trinajstić information content (AvgIpc) is 2.79. The number of para-hydroxylation sites is 1. The van der Waals surface area contributed by atoms with Crippen LogP contribution in [0.3, 0.4) is 0 Å². The SMILES string of the molecule is CCCOCCn1cc(CNC(C)(C)C)c2ccccc21. The summed E-state index contributed by atoms with van der Waals surface area (Å²) in [4.78, 5) is 0. The van der Waals surface area contributed by atoms with E-state index in [-0.39, 0.29) is 5.54 Å². The third-order valence-electron chi connectivity index (χ3n) is 3.51. The molecule has 1 N–H and O–H groups in total. The van der Waals surface area contributed by atoms with E-state index in [1.54, 1.807) is 0 Å². The Kier molecular flexibility index (Phi) is 5.43. The van der Waals surface area contributed by atoms with Crippen LogP contribution >= 0.6 is 0 Å². The molecular weight excluding hydrogens is 260 g/mol. The summed E-state index contributed by atoms with van der Waals surface area (Å²) >= 11 is 0. The van der Waals surface area contributed by atoms with Crippen LogP contribution in [0.25, 0.3) is 10.9 Å². The Balaban J connectivity index is 2.14. The van der Waals surface area contributed by atoms with Crippen molar-refractivity contribution in [1.29, 1.82) is 0 Å². The van der Waals surface area contributed by atoms with Gasteiger partial charge in [0.1, 0.15) is 0 Å². The lowest BCUT2D eigenvalue weighted by Crippen LogP contribution is -2.34. The normalized spacial score (nSPS) is 12.2. The molecule has 116 valence electrons. The summed E-state index contributed by atoms with van der Waals surface area (Å²) < 4.78 is 7.93. The summed E-state index contributed by atoms with van der Waals surface area (Å²) in [5, 5.41) is 4.91. The van der Waals surface area contributed by atoms with E-state index in [4.69, 9.17) is 4.74 Å². The molecule has 0 aliphatic heterocycles. The summed E-state index contributed by atoms with van der Waals surface area (Å²) in [6.07, 6.45) is 3.34. The van der Waals surface area contributed by atoms with E-state index in [1.807, 2.05) is 0 Å². The first kappa shape index (κ1) is 16.1. The minimum absolute atomic E-state index is 0.132. The van der Waals surface area contributed by atoms with Gasteiger partial charge in [-0.25, -0.2) is 0 Å². The summed E-state index contributed by atoms with van der Waals surface area (Å²) in [6, 6.07) is 8.61. The number of fused-ring (bicyclic) bond motifs is 1. The summed E-state index contributed by atoms with van der Waals surface area (Å²) in [5.74, 6) is 0. The van der Waals surface area contributed by atoms with Crippen LogP contribution < -0.4 is 5.32 Å². The number of rotatable bonds is 7. The Morgan fingerprint density at radius 2 is 1.90 bits per heavy atom. The van der Waals surface area contributed by atoms with E-state index in [0.717, 1.165) is 32.7 Å². The maximum Gasteiger partial charge on any atom is 0.0645 e. The minimum Gasteiger partial charge on any atom is -0.380 e. The number of nitrogens with zero attached hydrogens (tertiary/aromatic N) is 1. The molecule has 0 aliphatic rings. The third kappa shape index (κ3) is 4.58. The molecule has 0 atom stereocenters. The number of aromatic nitrogens is 1. The van der Waals surface area contributed by atoms with Gasteiger partial charge < -0.3 is 14.6 Å². The van der Waals surface area contributed by atoms with E-state index < -0.39 is 0 Å². The first-order chi connectivity index (χ1) is 10.0. The smallest absolute Gasteiger partial charge is 0.0645 e. The first-order valence-corrected chi connectivity index (χ1v) is 7.91. The second-order valence-corrected chi connectivity index (χ2v) is 6.58. The highest BCUT2D eigenvalue weighted by Gasteiger charge is 2.12. The van der Waals surface area contributed by atoms with Gasteiger partial charge in [0.15, 0.2) is 0 Å². The highest BCUT2D eigenvalue weighted by atomic mass is 16.5. The number of ether oxygens (including phenoxy) is 1. The fraction of sp³-hybridized carbons (Fsp3) is 0.556. The van der Waals surface area contributed by atoms with Gasteiger partial charge in [0.25, 0.3) is 0 Å². The molecule has 1 aromatic carbocycles. The second kappa shape index (κ2) is 7.10. The predicted octanol–water partition coefficient (Wildman–Crippen LogP) is 3.96. The zero-order valence-corrected chi connectivity index (χ0v) is 13.8. The Bertz CT molecular complexity index is 566. The second-order valence-electron chi connectivity index (χ2n) is 6.58. The van der Waals surface area contributed by atoms with E-state index in [2.05, 4.69) is 68.0 Å². The van der Waals surface area contributed by atoms with Crippen LogP contribution in [-0.4, -0.2) is 23.3 Å². The summed E-state index contributed by atoms with van der Waals surface area (Å²) in [6.45, 7) is 12.2. The molecule has 0 unspecified atom stereocenters. The molecule has 0 radical (unpaired) electrons. The third-order valence-corrected chi connectivity index (χ3v) is 3.51. The van der Waals surface area contributed by atoms with Crippen molar-refractivity contribution in [2.24, 2.45) is 0 Å². The van der Waals surface area contributed by atoms with E-state index >= 15 is 0 Å². The van der Waals surface area contributed by atoms with Crippen molar-refractivity contribution in [3.8, 4) is 0 Å². The molecule has 0 saturated heterocycles. The number of hydrogen-bond donors (Lipinski definition) is 1. The van der Waals surface area contributed by atoms with Gasteiger partial charge >= 0.3 is 0 Å². The number of nitrogens with one attached hydrogen (secondary N) is 1. The van der Waals surface area contributed by atoms with Crippen molar-refractivity contribution < 1.29 is 4.74 Å². The lowest BCUT2D eigenvalue weighted by atomic mass is 10.1. The monoisotopic (exact) mass is 288 g/mol. The van der Waals surface area contributed by atoms with Gasteiger partial charge in [0.05, 0.1) is 6.61 Å². The zero-order valence-electron chi connectivity index (χ0n) is 13.8. The zero-order chi connectivity index (χ0) is 15.3. The highest BCUT2D eigenvalue weighted by molar-refractivity contribution is 5.83. The van der Waals surface area contributed by atoms with Crippen molar-refractivity contribution in [2.75, 3.05) is 13.2 Å². The largest absolute Gasteiger partial charge is 0.380 e. The molecular formula is C18H28N2O. The van der Waals surface area contributed by atoms with E-state index in [9.17, 15) is 0 Å². The molecule has 0 saturated carbocycles. The molecule has 2 rings (SSSR count). The van der Waals surface area contributed by atoms with Crippen molar-refractivity contribution in [2.45, 2.75) is 52.7 Å². The molecule has 2 aromatic rings. The highest BCUT2D eigenvalue weighted by Crippen LogP contribution is 2.21. The fourth-order valence-electron chi connectivity index (χ4n) is 2.42. The predicted molar refractivity (Wildman–Crippen MR) is 89.6 cm³/mol. The molecule has 0 fully saturated rings. The van der Waals surface area contributed by atoms with Crippen LogP contribution in [0.15, 0.2) is 30.5 Å². The van der Waals surface area contributed by atoms with Crippen LogP contribution in [0.2, 0.25) is 0 Å². The van der Waals surface area contributed by atoms with Gasteiger partial charge in [0.2, 0.25) is 0 Å². The molecule has 0 bridgehead atoms. The van der Waals surface area contributed by atoms with Crippen LogP contribution in [0, 0.1) is 0 Å². The van der Waals surface area contributed by atoms with Gasteiger partial charge in [-0.1, -0.05) is 25.1 Å². The lowest BCUT2D eigenvalue weighted by molar-refractivity contribution is 0.127. The Hall–Kier alpha value is -1.32. The van der Waals surface area contributed by atoms with Crippen LogP contribution in [0.4, 0.5) is 0 Å². The number of benzene rings is 1.